The molecule has 132 valence electrons. The van der Waals surface area contributed by atoms with Crippen LogP contribution in [0.2, 0.25) is 0 Å². The molecule has 0 radical (unpaired) electrons. The summed E-state index contributed by atoms with van der Waals surface area (Å²) in [6, 6.07) is 8.02. The first kappa shape index (κ1) is 17.0. The van der Waals surface area contributed by atoms with Gasteiger partial charge in [0, 0.05) is 18.8 Å². The van der Waals surface area contributed by atoms with E-state index in [9.17, 15) is 14.7 Å². The molecular formula is C18H20N2O5. The van der Waals surface area contributed by atoms with E-state index in [0.717, 1.165) is 0 Å². The van der Waals surface area contributed by atoms with Crippen molar-refractivity contribution >= 4 is 23.3 Å². The van der Waals surface area contributed by atoms with Crippen molar-refractivity contribution in [1.82, 2.24) is 0 Å². The van der Waals surface area contributed by atoms with Crippen LogP contribution >= 0.6 is 0 Å². The Labute approximate surface area is 145 Å². The number of carboxylic acids is 1. The zero-order valence-corrected chi connectivity index (χ0v) is 14.1. The minimum Gasteiger partial charge on any atom is -0.478 e. The molecule has 3 rings (SSSR count). The van der Waals surface area contributed by atoms with Gasteiger partial charge in [-0.1, -0.05) is 0 Å². The minimum absolute atomic E-state index is 0.0173. The highest BCUT2D eigenvalue weighted by molar-refractivity contribution is 6.03. The van der Waals surface area contributed by atoms with Crippen molar-refractivity contribution in [2.24, 2.45) is 0 Å². The van der Waals surface area contributed by atoms with Crippen LogP contribution in [0.5, 0.6) is 0 Å². The quantitative estimate of drug-likeness (QED) is 0.886. The molecular weight excluding hydrogens is 324 g/mol. The molecule has 0 unspecified atom stereocenters. The lowest BCUT2D eigenvalue weighted by molar-refractivity contribution is -0.00531. The van der Waals surface area contributed by atoms with E-state index >= 15 is 0 Å². The molecule has 0 spiro atoms. The number of hydrogen-bond acceptors (Lipinski definition) is 5. The highest BCUT2D eigenvalue weighted by Gasteiger charge is 2.26. The number of benzene rings is 1. The normalized spacial score (nSPS) is 20.3. The van der Waals surface area contributed by atoms with Crippen molar-refractivity contribution < 1.29 is 23.8 Å². The highest BCUT2D eigenvalue weighted by atomic mass is 16.5. The maximum absolute atomic E-state index is 12.0. The number of ether oxygens (including phenoxy) is 1. The summed E-state index contributed by atoms with van der Waals surface area (Å²) in [6.07, 6.45) is 1.44. The van der Waals surface area contributed by atoms with E-state index in [0.29, 0.717) is 24.5 Å². The van der Waals surface area contributed by atoms with Crippen molar-refractivity contribution in [2.75, 3.05) is 23.3 Å². The van der Waals surface area contributed by atoms with Crippen LogP contribution in [0.4, 0.5) is 11.4 Å². The van der Waals surface area contributed by atoms with Crippen molar-refractivity contribution in [3.8, 4) is 0 Å². The van der Waals surface area contributed by atoms with Gasteiger partial charge in [0.1, 0.15) is 0 Å². The lowest BCUT2D eigenvalue weighted by atomic mass is 10.1. The number of amides is 1. The Morgan fingerprint density at radius 3 is 2.52 bits per heavy atom. The molecule has 25 heavy (non-hydrogen) atoms. The van der Waals surface area contributed by atoms with E-state index in [4.69, 9.17) is 9.15 Å². The zero-order chi connectivity index (χ0) is 18.0. The van der Waals surface area contributed by atoms with Crippen molar-refractivity contribution in [2.45, 2.75) is 26.1 Å². The number of carbonyl (C=O) groups is 2. The summed E-state index contributed by atoms with van der Waals surface area (Å²) < 4.78 is 10.7. The third-order valence-corrected chi connectivity index (χ3v) is 3.99. The summed E-state index contributed by atoms with van der Waals surface area (Å²) in [5, 5.41) is 12.2. The maximum atomic E-state index is 12.0. The van der Waals surface area contributed by atoms with E-state index in [-0.39, 0.29) is 23.5 Å². The summed E-state index contributed by atoms with van der Waals surface area (Å²) >= 11 is 0. The number of furan rings is 1. The topological polar surface area (TPSA) is 92.0 Å². The zero-order valence-electron chi connectivity index (χ0n) is 14.1. The Bertz CT molecular complexity index is 762. The third kappa shape index (κ3) is 3.83. The van der Waals surface area contributed by atoms with E-state index in [1.807, 2.05) is 18.7 Å². The molecule has 1 amide bonds. The predicted octanol–water partition coefficient (Wildman–Crippen LogP) is 2.84. The fourth-order valence-electron chi connectivity index (χ4n) is 3.04. The number of nitrogens with one attached hydrogen (secondary N) is 1. The first-order chi connectivity index (χ1) is 11.9. The fraction of sp³-hybridized carbons (Fsp3) is 0.333. The Balaban J connectivity index is 1.85. The van der Waals surface area contributed by atoms with Gasteiger partial charge in [0.05, 0.1) is 29.7 Å². The average Bonchev–Trinajstić information content (AvgIpc) is 3.08. The van der Waals surface area contributed by atoms with Crippen molar-refractivity contribution in [1.29, 1.82) is 0 Å². The van der Waals surface area contributed by atoms with Gasteiger partial charge < -0.3 is 24.5 Å². The molecule has 0 saturated carbocycles. The Hall–Kier alpha value is -2.80. The Morgan fingerprint density at radius 2 is 1.92 bits per heavy atom. The molecule has 1 aromatic heterocycles. The van der Waals surface area contributed by atoms with Crippen LogP contribution in [0.15, 0.2) is 41.0 Å². The van der Waals surface area contributed by atoms with Crippen LogP contribution < -0.4 is 10.2 Å². The number of morpholine rings is 1. The standard InChI is InChI=1S/C18H20N2O5/c1-11-9-20(10-12(2)25-11)15-6-5-13(8-14(15)18(22)23)19-17(21)16-4-3-7-24-16/h3-8,11-12H,9-10H2,1-2H3,(H,19,21)(H,22,23)/t11-,12+. The van der Waals surface area contributed by atoms with Gasteiger partial charge in [0.15, 0.2) is 5.76 Å². The molecule has 2 N–H and O–H groups in total. The lowest BCUT2D eigenvalue weighted by Gasteiger charge is -2.37. The summed E-state index contributed by atoms with van der Waals surface area (Å²) in [7, 11) is 0. The number of carboxylic acid groups (broad SMARTS) is 1. The first-order valence-electron chi connectivity index (χ1n) is 8.06. The Kier molecular flexibility index (Phi) is 4.76. The summed E-state index contributed by atoms with van der Waals surface area (Å²) in [6.45, 7) is 5.15. The van der Waals surface area contributed by atoms with Crippen LogP contribution in [-0.2, 0) is 4.74 Å². The van der Waals surface area contributed by atoms with Crippen LogP contribution in [-0.4, -0.2) is 42.3 Å². The molecule has 7 heteroatoms. The number of carbonyl (C=O) groups excluding carboxylic acids is 1. The third-order valence-electron chi connectivity index (χ3n) is 3.99. The van der Waals surface area contributed by atoms with Gasteiger partial charge in [-0.05, 0) is 44.2 Å². The van der Waals surface area contributed by atoms with Gasteiger partial charge in [-0.3, -0.25) is 4.79 Å². The van der Waals surface area contributed by atoms with Gasteiger partial charge in [0.2, 0.25) is 0 Å². The van der Waals surface area contributed by atoms with Gasteiger partial charge in [0.25, 0.3) is 5.91 Å². The summed E-state index contributed by atoms with van der Waals surface area (Å²) in [4.78, 5) is 25.8. The molecule has 1 aliphatic rings. The van der Waals surface area contributed by atoms with Crippen LogP contribution in [0.3, 0.4) is 0 Å². The number of aromatic carboxylic acids is 1. The van der Waals surface area contributed by atoms with Gasteiger partial charge in [-0.15, -0.1) is 0 Å². The maximum Gasteiger partial charge on any atom is 0.337 e. The molecule has 1 fully saturated rings. The van der Waals surface area contributed by atoms with E-state index < -0.39 is 11.9 Å². The smallest absolute Gasteiger partial charge is 0.337 e. The highest BCUT2D eigenvalue weighted by Crippen LogP contribution is 2.27. The van der Waals surface area contributed by atoms with Gasteiger partial charge in [-0.25, -0.2) is 4.79 Å². The monoisotopic (exact) mass is 344 g/mol. The second kappa shape index (κ2) is 6.98. The molecule has 2 atom stereocenters. The number of rotatable bonds is 4. The van der Waals surface area contributed by atoms with E-state index in [2.05, 4.69) is 5.32 Å². The molecule has 1 aromatic carbocycles. The molecule has 0 bridgehead atoms. The average molecular weight is 344 g/mol. The number of nitrogens with zero attached hydrogens (tertiary/aromatic N) is 1. The summed E-state index contributed by atoms with van der Waals surface area (Å²) in [5.74, 6) is -1.31. The van der Waals surface area contributed by atoms with Crippen LogP contribution in [0.1, 0.15) is 34.8 Å². The van der Waals surface area contributed by atoms with E-state index in [1.54, 1.807) is 18.2 Å². The van der Waals surface area contributed by atoms with Crippen molar-refractivity contribution in [3.63, 3.8) is 0 Å². The number of hydrogen-bond donors (Lipinski definition) is 2. The first-order valence-corrected chi connectivity index (χ1v) is 8.06. The van der Waals surface area contributed by atoms with Crippen molar-refractivity contribution in [3.05, 3.63) is 47.9 Å². The lowest BCUT2D eigenvalue weighted by Crippen LogP contribution is -2.46. The Morgan fingerprint density at radius 1 is 1.20 bits per heavy atom. The number of anilines is 2. The summed E-state index contributed by atoms with van der Waals surface area (Å²) in [5.41, 5.74) is 1.15. The largest absolute Gasteiger partial charge is 0.478 e. The molecule has 1 saturated heterocycles. The van der Waals surface area contributed by atoms with Gasteiger partial charge >= 0.3 is 5.97 Å². The molecule has 2 aromatic rings. The molecule has 1 aliphatic heterocycles. The molecule has 0 aliphatic carbocycles. The predicted molar refractivity (Wildman–Crippen MR) is 92.3 cm³/mol. The van der Waals surface area contributed by atoms with Crippen LogP contribution in [0.25, 0.3) is 0 Å². The molecule has 2 heterocycles. The van der Waals surface area contributed by atoms with Crippen LogP contribution in [0, 0.1) is 0 Å². The SMILES string of the molecule is C[C@@H]1CN(c2ccc(NC(=O)c3ccco3)cc2C(=O)O)C[C@H](C)O1. The fourth-order valence-corrected chi connectivity index (χ4v) is 3.04. The second-order valence-corrected chi connectivity index (χ2v) is 6.13. The second-order valence-electron chi connectivity index (χ2n) is 6.13. The van der Waals surface area contributed by atoms with Gasteiger partial charge in [-0.2, -0.15) is 0 Å². The minimum atomic E-state index is -1.05. The van der Waals surface area contributed by atoms with E-state index in [1.165, 1.54) is 18.4 Å². The molecule has 7 nitrogen and oxygen atoms in total.